The summed E-state index contributed by atoms with van der Waals surface area (Å²) >= 11 is 0. The van der Waals surface area contributed by atoms with Crippen LogP contribution in [0.5, 0.6) is 0 Å². The Balaban J connectivity index is 1.88. The maximum absolute atomic E-state index is 12.2. The normalized spacial score (nSPS) is 23.2. The lowest BCUT2D eigenvalue weighted by molar-refractivity contribution is -0.148. The highest BCUT2D eigenvalue weighted by molar-refractivity contribution is 5.96. The molecule has 0 radical (unpaired) electrons. The summed E-state index contributed by atoms with van der Waals surface area (Å²) < 4.78 is 1.90. The Labute approximate surface area is 116 Å². The number of piperazine rings is 1. The Morgan fingerprint density at radius 1 is 1.30 bits per heavy atom. The minimum Gasteiger partial charge on any atom is -0.343 e. The van der Waals surface area contributed by atoms with Crippen molar-refractivity contribution in [3.63, 3.8) is 0 Å². The highest BCUT2D eigenvalue weighted by atomic mass is 16.2. The molecule has 1 N–H and O–H groups in total. The van der Waals surface area contributed by atoms with Crippen LogP contribution in [0.2, 0.25) is 0 Å². The summed E-state index contributed by atoms with van der Waals surface area (Å²) in [6, 6.07) is 4.79. The van der Waals surface area contributed by atoms with Crippen molar-refractivity contribution in [1.82, 2.24) is 19.6 Å². The van der Waals surface area contributed by atoms with Gasteiger partial charge in [0.25, 0.3) is 0 Å². The third-order valence-electron chi connectivity index (χ3n) is 3.61. The zero-order valence-electron chi connectivity index (χ0n) is 11.4. The van der Waals surface area contributed by atoms with Gasteiger partial charge in [0.2, 0.25) is 11.8 Å². The standard InChI is InChI=1S/C14H16N4O2/c1-9-14(20)18(10(2)13(19)15-9)8-11-7-17-6-4-3-5-12(17)16-11/h3-7,9-10H,8H2,1-2H3,(H,15,19). The zero-order valence-corrected chi connectivity index (χ0v) is 11.4. The number of amides is 2. The Morgan fingerprint density at radius 2 is 2.10 bits per heavy atom. The molecular weight excluding hydrogens is 256 g/mol. The van der Waals surface area contributed by atoms with Gasteiger partial charge < -0.3 is 14.6 Å². The fourth-order valence-electron chi connectivity index (χ4n) is 2.43. The van der Waals surface area contributed by atoms with Crippen LogP contribution in [0.1, 0.15) is 19.5 Å². The number of nitrogens with zero attached hydrogens (tertiary/aromatic N) is 3. The van der Waals surface area contributed by atoms with Crippen molar-refractivity contribution in [2.75, 3.05) is 0 Å². The number of pyridine rings is 1. The van der Waals surface area contributed by atoms with E-state index in [2.05, 4.69) is 10.3 Å². The zero-order chi connectivity index (χ0) is 14.3. The second-order valence-electron chi connectivity index (χ2n) is 5.07. The largest absolute Gasteiger partial charge is 0.343 e. The van der Waals surface area contributed by atoms with Crippen LogP contribution < -0.4 is 5.32 Å². The molecule has 2 atom stereocenters. The molecule has 104 valence electrons. The van der Waals surface area contributed by atoms with Crippen LogP contribution >= 0.6 is 0 Å². The molecule has 0 spiro atoms. The van der Waals surface area contributed by atoms with Gasteiger partial charge in [-0.15, -0.1) is 0 Å². The highest BCUT2D eigenvalue weighted by Gasteiger charge is 2.35. The third kappa shape index (κ3) is 2.03. The highest BCUT2D eigenvalue weighted by Crippen LogP contribution is 2.14. The van der Waals surface area contributed by atoms with E-state index in [0.29, 0.717) is 6.54 Å². The summed E-state index contributed by atoms with van der Waals surface area (Å²) in [6.45, 7) is 3.77. The fourth-order valence-corrected chi connectivity index (χ4v) is 2.43. The van der Waals surface area contributed by atoms with Gasteiger partial charge in [0.05, 0.1) is 12.2 Å². The van der Waals surface area contributed by atoms with Gasteiger partial charge in [-0.1, -0.05) is 6.07 Å². The van der Waals surface area contributed by atoms with E-state index in [1.54, 1.807) is 18.7 Å². The van der Waals surface area contributed by atoms with Gasteiger partial charge in [0.15, 0.2) is 0 Å². The van der Waals surface area contributed by atoms with E-state index < -0.39 is 12.1 Å². The molecule has 2 unspecified atom stereocenters. The molecule has 20 heavy (non-hydrogen) atoms. The van der Waals surface area contributed by atoms with Gasteiger partial charge in [-0.3, -0.25) is 9.59 Å². The molecule has 0 saturated carbocycles. The molecule has 0 aliphatic carbocycles. The first kappa shape index (κ1) is 12.7. The van der Waals surface area contributed by atoms with Gasteiger partial charge in [-0.25, -0.2) is 4.98 Å². The quantitative estimate of drug-likeness (QED) is 0.869. The van der Waals surface area contributed by atoms with Gasteiger partial charge >= 0.3 is 0 Å². The number of aromatic nitrogens is 2. The molecule has 1 aliphatic rings. The molecule has 2 aromatic heterocycles. The predicted octanol–water partition coefficient (Wildman–Crippen LogP) is 0.570. The van der Waals surface area contributed by atoms with Crippen LogP contribution in [0.4, 0.5) is 0 Å². The summed E-state index contributed by atoms with van der Waals surface area (Å²) in [7, 11) is 0. The van der Waals surface area contributed by atoms with Crippen LogP contribution in [0.25, 0.3) is 5.65 Å². The Bertz CT molecular complexity index is 646. The van der Waals surface area contributed by atoms with Gasteiger partial charge in [0.1, 0.15) is 17.7 Å². The van der Waals surface area contributed by atoms with Crippen molar-refractivity contribution >= 4 is 17.5 Å². The van der Waals surface area contributed by atoms with E-state index >= 15 is 0 Å². The maximum atomic E-state index is 12.2. The monoisotopic (exact) mass is 272 g/mol. The number of hydrogen-bond acceptors (Lipinski definition) is 3. The molecule has 1 aliphatic heterocycles. The van der Waals surface area contributed by atoms with Crippen LogP contribution in [0.3, 0.4) is 0 Å². The van der Waals surface area contributed by atoms with Crippen molar-refractivity contribution in [3.8, 4) is 0 Å². The van der Waals surface area contributed by atoms with E-state index in [4.69, 9.17) is 0 Å². The SMILES string of the molecule is CC1NC(=O)C(C)N(Cc2cn3ccccc3n2)C1=O. The minimum absolute atomic E-state index is 0.0749. The molecule has 6 nitrogen and oxygen atoms in total. The number of fused-ring (bicyclic) bond motifs is 1. The number of carbonyl (C=O) groups is 2. The number of hydrogen-bond donors (Lipinski definition) is 1. The first-order chi connectivity index (χ1) is 9.56. The van der Waals surface area contributed by atoms with Crippen molar-refractivity contribution in [1.29, 1.82) is 0 Å². The smallest absolute Gasteiger partial charge is 0.245 e. The molecule has 1 fully saturated rings. The molecule has 1 saturated heterocycles. The van der Waals surface area contributed by atoms with E-state index in [-0.39, 0.29) is 11.8 Å². The number of carbonyl (C=O) groups excluding carboxylic acids is 2. The molecule has 3 rings (SSSR count). The lowest BCUT2D eigenvalue weighted by Crippen LogP contribution is -2.60. The summed E-state index contributed by atoms with van der Waals surface area (Å²) in [5.41, 5.74) is 1.61. The lowest BCUT2D eigenvalue weighted by Gasteiger charge is -2.35. The number of nitrogens with one attached hydrogen (secondary N) is 1. The molecule has 3 heterocycles. The number of imidazole rings is 1. The van der Waals surface area contributed by atoms with E-state index in [1.165, 1.54) is 0 Å². The second kappa shape index (κ2) is 4.63. The summed E-state index contributed by atoms with van der Waals surface area (Å²) in [6.07, 6.45) is 3.79. The van der Waals surface area contributed by atoms with Crippen LogP contribution in [-0.2, 0) is 16.1 Å². The fraction of sp³-hybridized carbons (Fsp3) is 0.357. The average molecular weight is 272 g/mol. The van der Waals surface area contributed by atoms with Gasteiger partial charge in [-0.05, 0) is 26.0 Å². The van der Waals surface area contributed by atoms with Gasteiger partial charge in [0, 0.05) is 12.4 Å². The van der Waals surface area contributed by atoms with Crippen LogP contribution in [0, 0.1) is 0 Å². The topological polar surface area (TPSA) is 66.7 Å². The van der Waals surface area contributed by atoms with Crippen LogP contribution in [-0.4, -0.2) is 38.2 Å². The Hall–Kier alpha value is -2.37. The predicted molar refractivity (Wildman–Crippen MR) is 72.8 cm³/mol. The van der Waals surface area contributed by atoms with Crippen molar-refractivity contribution < 1.29 is 9.59 Å². The van der Waals surface area contributed by atoms with Crippen molar-refractivity contribution in [2.24, 2.45) is 0 Å². The minimum atomic E-state index is -0.476. The third-order valence-corrected chi connectivity index (χ3v) is 3.61. The van der Waals surface area contributed by atoms with E-state index in [0.717, 1.165) is 11.3 Å². The molecule has 2 aromatic rings. The van der Waals surface area contributed by atoms with Gasteiger partial charge in [-0.2, -0.15) is 0 Å². The summed E-state index contributed by atoms with van der Waals surface area (Å²) in [5.74, 6) is -0.199. The lowest BCUT2D eigenvalue weighted by atomic mass is 10.1. The summed E-state index contributed by atoms with van der Waals surface area (Å²) in [5, 5.41) is 2.67. The average Bonchev–Trinajstić information content (AvgIpc) is 2.84. The van der Waals surface area contributed by atoms with E-state index in [1.807, 2.05) is 35.0 Å². The Kier molecular flexibility index (Phi) is 2.93. The van der Waals surface area contributed by atoms with E-state index in [9.17, 15) is 9.59 Å². The first-order valence-electron chi connectivity index (χ1n) is 6.60. The van der Waals surface area contributed by atoms with Crippen molar-refractivity contribution in [2.45, 2.75) is 32.5 Å². The number of rotatable bonds is 2. The molecule has 0 bridgehead atoms. The summed E-state index contributed by atoms with van der Waals surface area (Å²) in [4.78, 5) is 30.0. The molecular formula is C14H16N4O2. The maximum Gasteiger partial charge on any atom is 0.245 e. The Morgan fingerprint density at radius 3 is 2.85 bits per heavy atom. The van der Waals surface area contributed by atoms with Crippen LogP contribution in [0.15, 0.2) is 30.6 Å². The van der Waals surface area contributed by atoms with Crippen molar-refractivity contribution in [3.05, 3.63) is 36.3 Å². The second-order valence-corrected chi connectivity index (χ2v) is 5.07. The molecule has 2 amide bonds. The molecule has 6 heteroatoms. The first-order valence-corrected chi connectivity index (χ1v) is 6.60. The molecule has 0 aromatic carbocycles.